The monoisotopic (exact) mass is 235 g/mol. The zero-order valence-electron chi connectivity index (χ0n) is 10.4. The van der Waals surface area contributed by atoms with Crippen LogP contribution in [0.4, 0.5) is 4.39 Å². The van der Waals surface area contributed by atoms with Crippen LogP contribution in [0.25, 0.3) is 0 Å². The predicted octanol–water partition coefficient (Wildman–Crippen LogP) is 3.36. The maximum Gasteiger partial charge on any atom is 0.0934 e. The van der Waals surface area contributed by atoms with Crippen molar-refractivity contribution in [3.8, 4) is 0 Å². The second-order valence-corrected chi connectivity index (χ2v) is 5.18. The van der Waals surface area contributed by atoms with E-state index in [1.807, 2.05) is 12.1 Å². The highest BCUT2D eigenvalue weighted by atomic mass is 19.1. The quantitative estimate of drug-likeness (QED) is 0.851. The molecule has 0 unspecified atom stereocenters. The second-order valence-electron chi connectivity index (χ2n) is 5.18. The van der Waals surface area contributed by atoms with Crippen LogP contribution in [0.5, 0.6) is 0 Å². The normalized spacial score (nSPS) is 19.2. The summed E-state index contributed by atoms with van der Waals surface area (Å²) in [6.07, 6.45) is 6.75. The third-order valence-corrected chi connectivity index (χ3v) is 4.12. The molecule has 0 aromatic heterocycles. The van der Waals surface area contributed by atoms with E-state index in [0.717, 1.165) is 5.56 Å². The average molecular weight is 235 g/mol. The van der Waals surface area contributed by atoms with E-state index in [0.29, 0.717) is 13.0 Å². The molecule has 1 aliphatic carbocycles. The molecule has 1 nitrogen and oxygen atoms in total. The van der Waals surface area contributed by atoms with Crippen molar-refractivity contribution >= 4 is 0 Å². The number of benzene rings is 1. The van der Waals surface area contributed by atoms with Crippen LogP contribution in [0, 0.1) is 0 Å². The molecular formula is C15H22FN. The minimum atomic E-state index is -0.279. The number of hydrogen-bond donors (Lipinski definition) is 1. The fourth-order valence-electron chi connectivity index (χ4n) is 3.01. The Bertz CT molecular complexity index is 356. The Hall–Kier alpha value is -0.890. The fourth-order valence-corrected chi connectivity index (χ4v) is 3.01. The van der Waals surface area contributed by atoms with Crippen molar-refractivity contribution < 1.29 is 4.39 Å². The topological polar surface area (TPSA) is 26.0 Å². The van der Waals surface area contributed by atoms with Gasteiger partial charge in [-0.05, 0) is 24.0 Å². The van der Waals surface area contributed by atoms with Gasteiger partial charge in [-0.25, -0.2) is 0 Å². The van der Waals surface area contributed by atoms with Gasteiger partial charge in [0.2, 0.25) is 0 Å². The summed E-state index contributed by atoms with van der Waals surface area (Å²) in [5, 5.41) is 0. The lowest BCUT2D eigenvalue weighted by atomic mass is 9.69. The van der Waals surface area contributed by atoms with Crippen LogP contribution >= 0.6 is 0 Å². The van der Waals surface area contributed by atoms with Crippen LogP contribution in [0.1, 0.15) is 43.2 Å². The zero-order chi connectivity index (χ0) is 12.1. The highest BCUT2D eigenvalue weighted by molar-refractivity contribution is 5.31. The molecule has 0 bridgehead atoms. The van der Waals surface area contributed by atoms with Crippen molar-refractivity contribution in [2.75, 3.05) is 13.2 Å². The van der Waals surface area contributed by atoms with E-state index in [2.05, 4.69) is 12.1 Å². The molecule has 0 amide bonds. The minimum Gasteiger partial charge on any atom is -0.330 e. The van der Waals surface area contributed by atoms with Gasteiger partial charge in [0.1, 0.15) is 0 Å². The van der Waals surface area contributed by atoms with Gasteiger partial charge in [0, 0.05) is 18.4 Å². The van der Waals surface area contributed by atoms with Crippen molar-refractivity contribution in [3.05, 3.63) is 35.4 Å². The Labute approximate surface area is 103 Å². The first-order valence-corrected chi connectivity index (χ1v) is 6.66. The van der Waals surface area contributed by atoms with Crippen LogP contribution in [-0.4, -0.2) is 13.2 Å². The van der Waals surface area contributed by atoms with Crippen molar-refractivity contribution in [2.45, 2.75) is 43.9 Å². The van der Waals surface area contributed by atoms with Crippen molar-refractivity contribution in [3.63, 3.8) is 0 Å². The Morgan fingerprint density at radius 1 is 1.18 bits per heavy atom. The largest absolute Gasteiger partial charge is 0.330 e. The molecule has 0 aliphatic heterocycles. The summed E-state index contributed by atoms with van der Waals surface area (Å²) in [7, 11) is 0. The first-order valence-electron chi connectivity index (χ1n) is 6.66. The second kappa shape index (κ2) is 5.63. The van der Waals surface area contributed by atoms with E-state index in [1.165, 1.54) is 37.7 Å². The van der Waals surface area contributed by atoms with Crippen LogP contribution in [0.2, 0.25) is 0 Å². The molecule has 1 aliphatic rings. The maximum atomic E-state index is 12.4. The van der Waals surface area contributed by atoms with Gasteiger partial charge in [-0.1, -0.05) is 43.5 Å². The molecule has 17 heavy (non-hydrogen) atoms. The first-order chi connectivity index (χ1) is 8.30. The summed E-state index contributed by atoms with van der Waals surface area (Å²) < 4.78 is 12.4. The summed E-state index contributed by atoms with van der Waals surface area (Å²) in [4.78, 5) is 0. The number of halogens is 1. The smallest absolute Gasteiger partial charge is 0.0934 e. The van der Waals surface area contributed by atoms with E-state index in [4.69, 9.17) is 5.73 Å². The SMILES string of the molecule is NCC1(c2cccc(CCF)c2)CCCCC1. The predicted molar refractivity (Wildman–Crippen MR) is 69.9 cm³/mol. The number of rotatable bonds is 4. The van der Waals surface area contributed by atoms with Gasteiger partial charge in [0.25, 0.3) is 0 Å². The van der Waals surface area contributed by atoms with Gasteiger partial charge in [-0.15, -0.1) is 0 Å². The van der Waals surface area contributed by atoms with Crippen molar-refractivity contribution in [2.24, 2.45) is 5.73 Å². The minimum absolute atomic E-state index is 0.157. The summed E-state index contributed by atoms with van der Waals surface area (Å²) in [5.41, 5.74) is 8.60. The lowest BCUT2D eigenvalue weighted by molar-refractivity contribution is 0.300. The van der Waals surface area contributed by atoms with Gasteiger partial charge in [0.15, 0.2) is 0 Å². The molecule has 94 valence electrons. The van der Waals surface area contributed by atoms with E-state index >= 15 is 0 Å². The highest BCUT2D eigenvalue weighted by Gasteiger charge is 2.32. The molecule has 0 radical (unpaired) electrons. The Kier molecular flexibility index (Phi) is 4.16. The van der Waals surface area contributed by atoms with Crippen LogP contribution in [-0.2, 0) is 11.8 Å². The molecule has 2 heteroatoms. The molecule has 1 saturated carbocycles. The molecule has 2 rings (SSSR count). The number of alkyl halides is 1. The molecular weight excluding hydrogens is 213 g/mol. The van der Waals surface area contributed by atoms with Gasteiger partial charge in [-0.2, -0.15) is 0 Å². The third-order valence-electron chi connectivity index (χ3n) is 4.12. The molecule has 0 atom stereocenters. The molecule has 1 fully saturated rings. The summed E-state index contributed by atoms with van der Waals surface area (Å²) in [6, 6.07) is 8.39. The van der Waals surface area contributed by atoms with Crippen molar-refractivity contribution in [1.29, 1.82) is 0 Å². The number of hydrogen-bond acceptors (Lipinski definition) is 1. The maximum absolute atomic E-state index is 12.4. The highest BCUT2D eigenvalue weighted by Crippen LogP contribution is 2.38. The first kappa shape index (κ1) is 12.6. The summed E-state index contributed by atoms with van der Waals surface area (Å²) in [6.45, 7) is 0.436. The van der Waals surface area contributed by atoms with Gasteiger partial charge < -0.3 is 5.73 Å². The van der Waals surface area contributed by atoms with Gasteiger partial charge in [-0.3, -0.25) is 4.39 Å². The molecule has 0 spiro atoms. The number of aryl methyl sites for hydroxylation is 1. The lowest BCUT2D eigenvalue weighted by Crippen LogP contribution is -2.37. The molecule has 0 heterocycles. The zero-order valence-corrected chi connectivity index (χ0v) is 10.4. The van der Waals surface area contributed by atoms with Gasteiger partial charge in [0.05, 0.1) is 6.67 Å². The van der Waals surface area contributed by atoms with E-state index < -0.39 is 0 Å². The van der Waals surface area contributed by atoms with Crippen LogP contribution < -0.4 is 5.73 Å². The van der Waals surface area contributed by atoms with Gasteiger partial charge >= 0.3 is 0 Å². The third kappa shape index (κ3) is 2.68. The Morgan fingerprint density at radius 2 is 1.94 bits per heavy atom. The van der Waals surface area contributed by atoms with Crippen LogP contribution in [0.15, 0.2) is 24.3 Å². The molecule has 0 saturated heterocycles. The van der Waals surface area contributed by atoms with Crippen LogP contribution in [0.3, 0.4) is 0 Å². The van der Waals surface area contributed by atoms with E-state index in [9.17, 15) is 4.39 Å². The molecule has 1 aromatic rings. The standard InChI is InChI=1S/C15H22FN/c16-10-7-13-5-4-6-14(11-13)15(12-17)8-2-1-3-9-15/h4-6,11H,1-3,7-10,12,17H2. The lowest BCUT2D eigenvalue weighted by Gasteiger charge is -2.37. The van der Waals surface area contributed by atoms with Crippen molar-refractivity contribution in [1.82, 2.24) is 0 Å². The Morgan fingerprint density at radius 3 is 2.59 bits per heavy atom. The molecule has 2 N–H and O–H groups in total. The van der Waals surface area contributed by atoms with E-state index in [-0.39, 0.29) is 12.1 Å². The Balaban J connectivity index is 2.26. The fraction of sp³-hybridized carbons (Fsp3) is 0.600. The summed E-state index contributed by atoms with van der Waals surface area (Å²) >= 11 is 0. The molecule has 1 aromatic carbocycles. The van der Waals surface area contributed by atoms with E-state index in [1.54, 1.807) is 0 Å². The average Bonchev–Trinajstić information content (AvgIpc) is 2.40. The number of nitrogens with two attached hydrogens (primary N) is 1. The summed E-state index contributed by atoms with van der Waals surface area (Å²) in [5.74, 6) is 0.